The molecular weight excluding hydrogens is 604 g/mol. The van der Waals surface area contributed by atoms with Crippen molar-refractivity contribution in [2.45, 2.75) is 13.1 Å². The third-order valence-electron chi connectivity index (χ3n) is 8.77. The summed E-state index contributed by atoms with van der Waals surface area (Å²) in [7, 11) is 0. The lowest BCUT2D eigenvalue weighted by Gasteiger charge is -2.34. The Morgan fingerprint density at radius 2 is 0.896 bits per heavy atom. The van der Waals surface area contributed by atoms with Crippen molar-refractivity contribution in [2.75, 3.05) is 62.2 Å². The molecule has 0 atom stereocenters. The van der Waals surface area contributed by atoms with E-state index in [0.29, 0.717) is 88.5 Å². The number of anilines is 2. The summed E-state index contributed by atoms with van der Waals surface area (Å²) in [6.45, 7) is 6.64. The number of hydrogen-bond donors (Lipinski definition) is 0. The highest BCUT2D eigenvalue weighted by Gasteiger charge is 2.26. The van der Waals surface area contributed by atoms with Gasteiger partial charge in [0.05, 0.1) is 0 Å². The summed E-state index contributed by atoms with van der Waals surface area (Å²) in [5.41, 5.74) is 3.63. The van der Waals surface area contributed by atoms with Crippen LogP contribution in [0.2, 0.25) is 0 Å². The number of carbonyl (C=O) groups is 2. The topological polar surface area (TPSA) is 106 Å². The Labute approximate surface area is 279 Å². The third kappa shape index (κ3) is 7.27. The Hall–Kier alpha value is -5.78. The molecule has 2 fully saturated rings. The first-order valence-corrected chi connectivity index (χ1v) is 16.3. The molecule has 48 heavy (non-hydrogen) atoms. The van der Waals surface area contributed by atoms with Crippen LogP contribution in [-0.4, -0.2) is 93.9 Å². The summed E-state index contributed by atoms with van der Waals surface area (Å²) in [6, 6.07) is 19.7. The third-order valence-corrected chi connectivity index (χ3v) is 8.77. The highest BCUT2D eigenvalue weighted by atomic mass is 16.2. The fourth-order valence-corrected chi connectivity index (χ4v) is 6.16. The second-order valence-corrected chi connectivity index (χ2v) is 12.0. The van der Waals surface area contributed by atoms with Gasteiger partial charge in [-0.15, -0.1) is 0 Å². The molecule has 0 N–H and O–H groups in total. The van der Waals surface area contributed by atoms with E-state index >= 15 is 0 Å². The molecule has 0 aliphatic carbocycles. The predicted octanol–water partition coefficient (Wildman–Crippen LogP) is 1.86. The summed E-state index contributed by atoms with van der Waals surface area (Å²) in [6.07, 6.45) is 14.8. The van der Waals surface area contributed by atoms with E-state index in [9.17, 15) is 9.59 Å². The lowest BCUT2D eigenvalue weighted by Crippen LogP contribution is -2.49. The van der Waals surface area contributed by atoms with E-state index in [1.54, 1.807) is 36.9 Å². The van der Waals surface area contributed by atoms with Gasteiger partial charge in [0.2, 0.25) is 11.9 Å². The Balaban J connectivity index is 0.921. The smallest absolute Gasteiger partial charge is 0.260 e. The summed E-state index contributed by atoms with van der Waals surface area (Å²) in [4.78, 5) is 52.0. The van der Waals surface area contributed by atoms with Gasteiger partial charge in [-0.25, -0.2) is 19.9 Å². The number of nitrogens with zero attached hydrogens (tertiary/aromatic N) is 10. The number of rotatable bonds is 8. The molecule has 0 bridgehead atoms. The van der Waals surface area contributed by atoms with Crippen LogP contribution >= 0.6 is 0 Å². The monoisotopic (exact) mass is 642 g/mol. The van der Waals surface area contributed by atoms with E-state index in [1.165, 1.54) is 0 Å². The van der Waals surface area contributed by atoms with Crippen molar-refractivity contribution in [2.24, 2.45) is 0 Å². The van der Waals surface area contributed by atoms with Crippen LogP contribution in [0.3, 0.4) is 0 Å². The fraction of sp³-hybridized carbons (Fsp3) is 0.278. The lowest BCUT2D eigenvalue weighted by atomic mass is 10.1. The molecule has 0 spiro atoms. The quantitative estimate of drug-likeness (QED) is 0.236. The minimum atomic E-state index is 0.0371. The van der Waals surface area contributed by atoms with Crippen LogP contribution in [0.15, 0.2) is 110 Å². The zero-order valence-electron chi connectivity index (χ0n) is 26.8. The molecular formula is C36H38N10O2+2. The minimum absolute atomic E-state index is 0.0371. The average molecular weight is 643 g/mol. The molecule has 0 saturated carbocycles. The molecule has 5 aromatic rings. The number of amides is 2. The predicted molar refractivity (Wildman–Crippen MR) is 178 cm³/mol. The van der Waals surface area contributed by atoms with Crippen molar-refractivity contribution in [3.05, 3.63) is 132 Å². The average Bonchev–Trinajstić information content (AvgIpc) is 3.16. The van der Waals surface area contributed by atoms with Gasteiger partial charge in [0.15, 0.2) is 37.9 Å². The van der Waals surface area contributed by atoms with E-state index in [-0.39, 0.29) is 11.8 Å². The number of piperazine rings is 2. The largest absolute Gasteiger partial charge is 0.337 e. The molecule has 0 radical (unpaired) electrons. The van der Waals surface area contributed by atoms with Crippen molar-refractivity contribution in [3.63, 3.8) is 0 Å². The second-order valence-electron chi connectivity index (χ2n) is 12.0. The summed E-state index contributed by atoms with van der Waals surface area (Å²) >= 11 is 0. The SMILES string of the molecule is O=C(c1ccc[n+](Cc2ccc(C[n+]3cccc(C(=O)N4CCN(c5ncccn5)CC4)c3)cc2)c1)N1CCN(c2ncccn2)CC1. The van der Waals surface area contributed by atoms with Crippen LogP contribution in [0.25, 0.3) is 0 Å². The maximum absolute atomic E-state index is 13.3. The number of pyridine rings is 2. The van der Waals surface area contributed by atoms with Crippen molar-refractivity contribution >= 4 is 23.7 Å². The van der Waals surface area contributed by atoms with Gasteiger partial charge in [0, 0.05) is 100 Å². The van der Waals surface area contributed by atoms with E-state index < -0.39 is 0 Å². The van der Waals surface area contributed by atoms with Crippen molar-refractivity contribution in [1.82, 2.24) is 29.7 Å². The number of hydrogen-bond acceptors (Lipinski definition) is 8. The van der Waals surface area contributed by atoms with Gasteiger partial charge >= 0.3 is 0 Å². The summed E-state index contributed by atoms with van der Waals surface area (Å²) in [5.74, 6) is 1.48. The molecule has 2 saturated heterocycles. The first-order chi connectivity index (χ1) is 23.6. The molecule has 0 unspecified atom stereocenters. The Morgan fingerprint density at radius 3 is 1.27 bits per heavy atom. The summed E-state index contributed by atoms with van der Waals surface area (Å²) < 4.78 is 4.10. The number of aromatic nitrogens is 6. The normalized spacial score (nSPS) is 15.0. The van der Waals surface area contributed by atoms with Crippen LogP contribution in [0, 0.1) is 0 Å². The van der Waals surface area contributed by atoms with Crippen LogP contribution in [0.5, 0.6) is 0 Å². The van der Waals surface area contributed by atoms with Crippen molar-refractivity contribution < 1.29 is 18.7 Å². The zero-order chi connectivity index (χ0) is 32.7. The van der Waals surface area contributed by atoms with Crippen LogP contribution in [0.1, 0.15) is 31.8 Å². The number of carbonyl (C=O) groups excluding carboxylic acids is 2. The molecule has 12 heteroatoms. The van der Waals surface area contributed by atoms with E-state index in [1.807, 2.05) is 68.0 Å². The molecule has 242 valence electrons. The molecule has 2 amide bonds. The Morgan fingerprint density at radius 1 is 0.521 bits per heavy atom. The lowest BCUT2D eigenvalue weighted by molar-refractivity contribution is -0.689. The van der Waals surface area contributed by atoms with Crippen molar-refractivity contribution in [1.29, 1.82) is 0 Å². The second kappa shape index (κ2) is 14.3. The highest BCUT2D eigenvalue weighted by Crippen LogP contribution is 2.14. The molecule has 1 aromatic carbocycles. The Bertz CT molecular complexity index is 1700. The van der Waals surface area contributed by atoms with E-state index in [2.05, 4.69) is 54.0 Å². The van der Waals surface area contributed by atoms with Crippen LogP contribution in [0.4, 0.5) is 11.9 Å². The Kier molecular flexibility index (Phi) is 9.21. The van der Waals surface area contributed by atoms with E-state index in [4.69, 9.17) is 0 Å². The molecule has 6 heterocycles. The molecule has 2 aliphatic rings. The van der Waals surface area contributed by atoms with Gasteiger partial charge in [0.25, 0.3) is 11.8 Å². The molecule has 2 aliphatic heterocycles. The van der Waals surface area contributed by atoms with Crippen molar-refractivity contribution in [3.8, 4) is 0 Å². The minimum Gasteiger partial charge on any atom is -0.337 e. The van der Waals surface area contributed by atoms with Gasteiger partial charge in [-0.05, 0) is 24.3 Å². The van der Waals surface area contributed by atoms with Gasteiger partial charge in [-0.3, -0.25) is 9.59 Å². The molecule has 7 rings (SSSR count). The first kappa shape index (κ1) is 30.9. The van der Waals surface area contributed by atoms with Gasteiger partial charge in [-0.1, -0.05) is 24.3 Å². The van der Waals surface area contributed by atoms with Crippen LogP contribution < -0.4 is 18.9 Å². The fourth-order valence-electron chi connectivity index (χ4n) is 6.16. The zero-order valence-corrected chi connectivity index (χ0v) is 26.8. The standard InChI is InChI=1S/C36H38N10O2/c47-33(43-17-21-45(22-18-43)35-37-11-3-12-38-35)31-5-1-15-41(27-31)25-29-7-9-30(10-8-29)26-42-16-2-6-32(28-42)34(48)44-19-23-46(24-20-44)36-39-13-4-14-40-36/h1-16,27-28H,17-26H2/q+2. The van der Waals surface area contributed by atoms with E-state index in [0.717, 1.165) is 11.1 Å². The van der Waals surface area contributed by atoms with Gasteiger partial charge in [0.1, 0.15) is 11.1 Å². The maximum atomic E-state index is 13.3. The van der Waals surface area contributed by atoms with Crippen LogP contribution in [-0.2, 0) is 13.1 Å². The summed E-state index contributed by atoms with van der Waals surface area (Å²) in [5, 5.41) is 0. The first-order valence-electron chi connectivity index (χ1n) is 16.3. The number of benzene rings is 1. The van der Waals surface area contributed by atoms with Gasteiger partial charge < -0.3 is 19.6 Å². The highest BCUT2D eigenvalue weighted by molar-refractivity contribution is 5.94. The molecule has 12 nitrogen and oxygen atoms in total. The maximum Gasteiger partial charge on any atom is 0.260 e. The van der Waals surface area contributed by atoms with Gasteiger partial charge in [-0.2, -0.15) is 9.13 Å². The molecule has 4 aromatic heterocycles.